The van der Waals surface area contributed by atoms with Gasteiger partial charge in [0.15, 0.2) is 0 Å². The summed E-state index contributed by atoms with van der Waals surface area (Å²) in [7, 11) is 0. The predicted molar refractivity (Wildman–Crippen MR) is 81.7 cm³/mol. The van der Waals surface area contributed by atoms with Crippen molar-refractivity contribution >= 4 is 5.69 Å². The standard InChI is InChI=1S/C17H23N3/c1-2-16-4-3-9-20(16)17-8-5-13(10-14(17)11-18)12-19-15-6-7-15/h5,8,10,15-16,19H,2-4,6-7,9,12H2,1H3. The van der Waals surface area contributed by atoms with E-state index in [4.69, 9.17) is 0 Å². The number of nitriles is 1. The monoisotopic (exact) mass is 269 g/mol. The Kier molecular flexibility index (Phi) is 3.93. The van der Waals surface area contributed by atoms with E-state index in [0.29, 0.717) is 12.1 Å². The number of nitrogens with zero attached hydrogens (tertiary/aromatic N) is 2. The largest absolute Gasteiger partial charge is 0.367 e. The van der Waals surface area contributed by atoms with Gasteiger partial charge in [0.1, 0.15) is 6.07 Å². The molecule has 1 aromatic rings. The molecular formula is C17H23N3. The van der Waals surface area contributed by atoms with E-state index in [1.54, 1.807) is 0 Å². The van der Waals surface area contributed by atoms with Crippen LogP contribution in [-0.2, 0) is 6.54 Å². The molecule has 2 fully saturated rings. The van der Waals surface area contributed by atoms with Crippen LogP contribution in [0.3, 0.4) is 0 Å². The van der Waals surface area contributed by atoms with E-state index in [1.165, 1.54) is 31.2 Å². The van der Waals surface area contributed by atoms with E-state index in [9.17, 15) is 5.26 Å². The summed E-state index contributed by atoms with van der Waals surface area (Å²) in [5.74, 6) is 0. The number of hydrogen-bond acceptors (Lipinski definition) is 3. The molecule has 1 aliphatic carbocycles. The minimum absolute atomic E-state index is 0.609. The van der Waals surface area contributed by atoms with Crippen molar-refractivity contribution in [2.75, 3.05) is 11.4 Å². The molecule has 20 heavy (non-hydrogen) atoms. The SMILES string of the molecule is CCC1CCCN1c1ccc(CNC2CC2)cc1C#N. The number of nitrogens with one attached hydrogen (secondary N) is 1. The summed E-state index contributed by atoms with van der Waals surface area (Å²) >= 11 is 0. The van der Waals surface area contributed by atoms with E-state index < -0.39 is 0 Å². The molecule has 3 nitrogen and oxygen atoms in total. The fraction of sp³-hybridized carbons (Fsp3) is 0.588. The summed E-state index contributed by atoms with van der Waals surface area (Å²) in [6.07, 6.45) is 6.26. The zero-order valence-corrected chi connectivity index (χ0v) is 12.2. The summed E-state index contributed by atoms with van der Waals surface area (Å²) in [6.45, 7) is 4.21. The van der Waals surface area contributed by atoms with Gasteiger partial charge in [-0.1, -0.05) is 13.0 Å². The predicted octanol–water partition coefficient (Wildman–Crippen LogP) is 3.19. The zero-order chi connectivity index (χ0) is 13.9. The zero-order valence-electron chi connectivity index (χ0n) is 12.2. The first-order valence-electron chi connectivity index (χ1n) is 7.85. The number of benzene rings is 1. The normalized spacial score (nSPS) is 22.0. The number of hydrogen-bond donors (Lipinski definition) is 1. The first kappa shape index (κ1) is 13.5. The van der Waals surface area contributed by atoms with E-state index in [1.807, 2.05) is 0 Å². The van der Waals surface area contributed by atoms with Gasteiger partial charge in [-0.15, -0.1) is 0 Å². The van der Waals surface area contributed by atoms with Crippen molar-refractivity contribution in [1.29, 1.82) is 5.26 Å². The smallest absolute Gasteiger partial charge is 0.101 e. The van der Waals surface area contributed by atoms with Gasteiger partial charge in [0.05, 0.1) is 11.3 Å². The summed E-state index contributed by atoms with van der Waals surface area (Å²) in [4.78, 5) is 2.43. The molecule has 1 atom stereocenters. The van der Waals surface area contributed by atoms with Gasteiger partial charge in [-0.2, -0.15) is 5.26 Å². The summed E-state index contributed by atoms with van der Waals surface area (Å²) < 4.78 is 0. The van der Waals surface area contributed by atoms with Crippen molar-refractivity contribution in [3.05, 3.63) is 29.3 Å². The van der Waals surface area contributed by atoms with Crippen LogP contribution in [0.1, 0.15) is 50.2 Å². The van der Waals surface area contributed by atoms with Gasteiger partial charge in [0.2, 0.25) is 0 Å². The lowest BCUT2D eigenvalue weighted by atomic mass is 10.1. The van der Waals surface area contributed by atoms with Crippen molar-refractivity contribution < 1.29 is 0 Å². The van der Waals surface area contributed by atoms with E-state index in [0.717, 1.165) is 30.8 Å². The summed E-state index contributed by atoms with van der Waals surface area (Å²) in [5, 5.41) is 13.0. The molecule has 1 saturated carbocycles. The third-order valence-electron chi connectivity index (χ3n) is 4.51. The first-order chi connectivity index (χ1) is 9.81. The van der Waals surface area contributed by atoms with E-state index in [2.05, 4.69) is 41.4 Å². The molecule has 0 radical (unpaired) electrons. The molecule has 1 unspecified atom stereocenters. The van der Waals surface area contributed by atoms with Gasteiger partial charge in [-0.05, 0) is 49.8 Å². The van der Waals surface area contributed by atoms with Crippen LogP contribution in [0.15, 0.2) is 18.2 Å². The highest BCUT2D eigenvalue weighted by molar-refractivity contribution is 5.61. The highest BCUT2D eigenvalue weighted by Crippen LogP contribution is 2.30. The first-order valence-corrected chi connectivity index (χ1v) is 7.85. The van der Waals surface area contributed by atoms with Crippen molar-refractivity contribution in [1.82, 2.24) is 5.32 Å². The van der Waals surface area contributed by atoms with Crippen LogP contribution in [0.25, 0.3) is 0 Å². The van der Waals surface area contributed by atoms with Crippen LogP contribution >= 0.6 is 0 Å². The van der Waals surface area contributed by atoms with Crippen molar-refractivity contribution in [3.63, 3.8) is 0 Å². The van der Waals surface area contributed by atoms with Crippen LogP contribution in [0.5, 0.6) is 0 Å². The fourth-order valence-electron chi connectivity index (χ4n) is 3.16. The molecule has 0 aromatic heterocycles. The van der Waals surface area contributed by atoms with Gasteiger partial charge in [-0.25, -0.2) is 0 Å². The fourth-order valence-corrected chi connectivity index (χ4v) is 3.16. The Balaban J connectivity index is 1.78. The van der Waals surface area contributed by atoms with Gasteiger partial charge in [0, 0.05) is 25.2 Å². The third kappa shape index (κ3) is 2.81. The van der Waals surface area contributed by atoms with Crippen molar-refractivity contribution in [2.24, 2.45) is 0 Å². The Morgan fingerprint density at radius 3 is 2.90 bits per heavy atom. The molecule has 0 spiro atoms. The second-order valence-corrected chi connectivity index (χ2v) is 6.02. The lowest BCUT2D eigenvalue weighted by Gasteiger charge is -2.27. The molecule has 1 heterocycles. The third-order valence-corrected chi connectivity index (χ3v) is 4.51. The average molecular weight is 269 g/mol. The molecule has 3 rings (SSSR count). The Morgan fingerprint density at radius 1 is 1.35 bits per heavy atom. The van der Waals surface area contributed by atoms with Crippen molar-refractivity contribution in [2.45, 2.75) is 57.7 Å². The maximum Gasteiger partial charge on any atom is 0.101 e. The Morgan fingerprint density at radius 2 is 2.20 bits per heavy atom. The van der Waals surface area contributed by atoms with Crippen molar-refractivity contribution in [3.8, 4) is 6.07 Å². The average Bonchev–Trinajstić information content (AvgIpc) is 3.20. The lowest BCUT2D eigenvalue weighted by Crippen LogP contribution is -2.29. The Bertz CT molecular complexity index is 513. The number of rotatable bonds is 5. The summed E-state index contributed by atoms with van der Waals surface area (Å²) in [5.41, 5.74) is 3.19. The molecule has 2 aliphatic rings. The maximum absolute atomic E-state index is 9.45. The van der Waals surface area contributed by atoms with Gasteiger partial charge in [0.25, 0.3) is 0 Å². The molecule has 1 aliphatic heterocycles. The highest BCUT2D eigenvalue weighted by Gasteiger charge is 2.25. The molecule has 106 valence electrons. The second-order valence-electron chi connectivity index (χ2n) is 6.02. The quantitative estimate of drug-likeness (QED) is 0.892. The molecule has 1 N–H and O–H groups in total. The van der Waals surface area contributed by atoms with Gasteiger partial charge in [-0.3, -0.25) is 0 Å². The van der Waals surface area contributed by atoms with Crippen LogP contribution in [0.4, 0.5) is 5.69 Å². The maximum atomic E-state index is 9.45. The van der Waals surface area contributed by atoms with Crippen LogP contribution in [-0.4, -0.2) is 18.6 Å². The molecule has 1 aromatic carbocycles. The molecular weight excluding hydrogens is 246 g/mol. The number of anilines is 1. The van der Waals surface area contributed by atoms with E-state index >= 15 is 0 Å². The summed E-state index contributed by atoms with van der Waals surface area (Å²) in [6, 6.07) is 10.1. The second kappa shape index (κ2) is 5.85. The molecule has 1 saturated heterocycles. The molecule has 0 bridgehead atoms. The van der Waals surface area contributed by atoms with Gasteiger partial charge < -0.3 is 10.2 Å². The molecule has 0 amide bonds. The minimum Gasteiger partial charge on any atom is -0.367 e. The van der Waals surface area contributed by atoms with Crippen LogP contribution < -0.4 is 10.2 Å². The van der Waals surface area contributed by atoms with Crippen LogP contribution in [0, 0.1) is 11.3 Å². The molecule has 3 heteroatoms. The Hall–Kier alpha value is -1.53. The van der Waals surface area contributed by atoms with E-state index in [-0.39, 0.29) is 0 Å². The lowest BCUT2D eigenvalue weighted by molar-refractivity contribution is 0.644. The topological polar surface area (TPSA) is 39.1 Å². The van der Waals surface area contributed by atoms with Gasteiger partial charge >= 0.3 is 0 Å². The Labute approximate surface area is 121 Å². The van der Waals surface area contributed by atoms with Crippen LogP contribution in [0.2, 0.25) is 0 Å². The highest BCUT2D eigenvalue weighted by atomic mass is 15.2. The minimum atomic E-state index is 0.609.